The van der Waals surface area contributed by atoms with E-state index in [-0.39, 0.29) is 29.9 Å². The van der Waals surface area contributed by atoms with Crippen molar-refractivity contribution in [3.63, 3.8) is 0 Å². The van der Waals surface area contributed by atoms with Gasteiger partial charge in [-0.3, -0.25) is 4.79 Å². The number of carbonyl (C=O) groups is 1. The zero-order valence-corrected chi connectivity index (χ0v) is 22.0. The predicted octanol–water partition coefficient (Wildman–Crippen LogP) is 2.80. The fraction of sp³-hybridized carbons (Fsp3) is 0.375. The Balaban J connectivity index is 2.11. The minimum Gasteiger partial charge on any atom is -0.480 e. The summed E-state index contributed by atoms with van der Waals surface area (Å²) >= 11 is 0. The number of anilines is 1. The van der Waals surface area contributed by atoms with E-state index in [9.17, 15) is 4.79 Å². The van der Waals surface area contributed by atoms with Crippen molar-refractivity contribution in [2.45, 2.75) is 33.0 Å². The quantitative estimate of drug-likeness (QED) is 0.339. The molecular weight excluding hydrogens is 466 g/mol. The SMILES string of the molecule is COc1nc(NCCN)nc(OC)c1-c1cc(Oc2cc([Si](C)(C)C)ccc2C)oc1CC(N)=O. The normalized spacial score (nSPS) is 11.3. The van der Waals surface area contributed by atoms with Crippen LogP contribution in [0.15, 0.2) is 28.7 Å². The van der Waals surface area contributed by atoms with Crippen LogP contribution in [0.1, 0.15) is 11.3 Å². The number of aromatic nitrogens is 2. The summed E-state index contributed by atoms with van der Waals surface area (Å²) < 4.78 is 23.1. The number of nitrogens with one attached hydrogen (secondary N) is 1. The highest BCUT2D eigenvalue weighted by Crippen LogP contribution is 2.42. The molecule has 5 N–H and O–H groups in total. The molecule has 0 saturated carbocycles. The van der Waals surface area contributed by atoms with E-state index in [1.54, 1.807) is 6.07 Å². The summed E-state index contributed by atoms with van der Waals surface area (Å²) in [5.41, 5.74) is 12.9. The molecule has 0 fully saturated rings. The molecule has 0 atom stereocenters. The number of benzene rings is 1. The Kier molecular flexibility index (Phi) is 8.02. The maximum absolute atomic E-state index is 11.8. The monoisotopic (exact) mass is 499 g/mol. The van der Waals surface area contributed by atoms with E-state index in [0.29, 0.717) is 35.9 Å². The second-order valence-electron chi connectivity index (χ2n) is 9.03. The van der Waals surface area contributed by atoms with Gasteiger partial charge in [0.05, 0.1) is 28.7 Å². The summed E-state index contributed by atoms with van der Waals surface area (Å²) in [5, 5.41) is 4.25. The van der Waals surface area contributed by atoms with Gasteiger partial charge in [-0.2, -0.15) is 9.97 Å². The number of nitrogens with zero attached hydrogens (tertiary/aromatic N) is 2. The van der Waals surface area contributed by atoms with Crippen molar-refractivity contribution in [2.24, 2.45) is 11.5 Å². The maximum atomic E-state index is 11.8. The first kappa shape index (κ1) is 26.0. The smallest absolute Gasteiger partial charge is 0.290 e. The zero-order valence-electron chi connectivity index (χ0n) is 21.0. The van der Waals surface area contributed by atoms with E-state index in [2.05, 4.69) is 41.0 Å². The van der Waals surface area contributed by atoms with Gasteiger partial charge in [-0.05, 0) is 18.6 Å². The summed E-state index contributed by atoms with van der Waals surface area (Å²) in [7, 11) is 1.40. The Morgan fingerprint density at radius 2 is 1.77 bits per heavy atom. The molecule has 0 unspecified atom stereocenters. The van der Waals surface area contributed by atoms with Gasteiger partial charge in [0.1, 0.15) is 17.1 Å². The van der Waals surface area contributed by atoms with Crippen molar-refractivity contribution in [2.75, 3.05) is 32.6 Å². The van der Waals surface area contributed by atoms with Crippen LogP contribution in [0, 0.1) is 6.92 Å². The molecule has 11 heteroatoms. The van der Waals surface area contributed by atoms with Crippen LogP contribution < -0.4 is 36.2 Å². The topological polar surface area (TPSA) is 148 Å². The molecule has 2 aromatic heterocycles. The van der Waals surface area contributed by atoms with Gasteiger partial charge in [-0.1, -0.05) is 37.0 Å². The number of hydrogen-bond acceptors (Lipinski definition) is 9. The van der Waals surface area contributed by atoms with Crippen LogP contribution >= 0.6 is 0 Å². The van der Waals surface area contributed by atoms with Gasteiger partial charge >= 0.3 is 0 Å². The fourth-order valence-electron chi connectivity index (χ4n) is 3.45. The molecule has 0 aliphatic carbocycles. The van der Waals surface area contributed by atoms with E-state index in [4.69, 9.17) is 30.1 Å². The number of aryl methyl sites for hydroxylation is 1. The molecule has 0 spiro atoms. The number of rotatable bonds is 11. The van der Waals surface area contributed by atoms with E-state index >= 15 is 0 Å². The third kappa shape index (κ3) is 6.11. The largest absolute Gasteiger partial charge is 0.480 e. The van der Waals surface area contributed by atoms with Crippen molar-refractivity contribution >= 4 is 25.1 Å². The summed E-state index contributed by atoms with van der Waals surface area (Å²) in [5.74, 6) is 1.34. The summed E-state index contributed by atoms with van der Waals surface area (Å²) in [6, 6.07) is 7.87. The van der Waals surface area contributed by atoms with Gasteiger partial charge < -0.3 is 35.4 Å². The molecule has 0 aliphatic heterocycles. The van der Waals surface area contributed by atoms with Crippen LogP contribution in [0.25, 0.3) is 11.1 Å². The highest BCUT2D eigenvalue weighted by molar-refractivity contribution is 6.88. The first-order valence-electron chi connectivity index (χ1n) is 11.2. The number of furan rings is 1. The molecule has 35 heavy (non-hydrogen) atoms. The minimum atomic E-state index is -1.56. The molecule has 188 valence electrons. The average molecular weight is 500 g/mol. The van der Waals surface area contributed by atoms with Crippen molar-refractivity contribution in [3.05, 3.63) is 35.6 Å². The number of amides is 1. The number of methoxy groups -OCH3 is 2. The highest BCUT2D eigenvalue weighted by Gasteiger charge is 2.26. The van der Waals surface area contributed by atoms with Crippen molar-refractivity contribution in [3.8, 4) is 34.6 Å². The van der Waals surface area contributed by atoms with Crippen LogP contribution in [-0.2, 0) is 11.2 Å². The lowest BCUT2D eigenvalue weighted by Crippen LogP contribution is -2.37. The molecule has 1 amide bonds. The Bertz CT molecular complexity index is 1180. The first-order valence-corrected chi connectivity index (χ1v) is 14.7. The summed E-state index contributed by atoms with van der Waals surface area (Å²) in [4.78, 5) is 20.6. The molecule has 3 aromatic rings. The van der Waals surface area contributed by atoms with Crippen LogP contribution in [0.3, 0.4) is 0 Å². The van der Waals surface area contributed by atoms with Crippen LogP contribution in [-0.4, -0.2) is 51.3 Å². The number of hydrogen-bond donors (Lipinski definition) is 3. The third-order valence-corrected chi connectivity index (χ3v) is 7.36. The van der Waals surface area contributed by atoms with E-state index in [1.807, 2.05) is 19.1 Å². The Labute approximate surface area is 206 Å². The molecule has 0 aliphatic rings. The molecular formula is C24H33N5O5Si. The van der Waals surface area contributed by atoms with Gasteiger partial charge in [0.2, 0.25) is 23.6 Å². The number of carbonyl (C=O) groups excluding carboxylic acids is 1. The third-order valence-electron chi connectivity index (χ3n) is 5.31. The standard InChI is InChI=1S/C24H33N5O5Si/c1-14-7-8-15(35(4,5)6)11-17(14)33-20-12-16(18(34-20)13-19(26)30)21-22(31-2)28-24(27-10-9-25)29-23(21)32-3/h7-8,11-12H,9-10,13,25H2,1-6H3,(H2,26,30)(H,27,28,29). The Morgan fingerprint density at radius 3 is 2.31 bits per heavy atom. The van der Waals surface area contributed by atoms with Crippen molar-refractivity contribution in [1.29, 1.82) is 0 Å². The number of nitrogens with two attached hydrogens (primary N) is 2. The van der Waals surface area contributed by atoms with Crippen molar-refractivity contribution in [1.82, 2.24) is 9.97 Å². The van der Waals surface area contributed by atoms with Crippen LogP contribution in [0.2, 0.25) is 19.6 Å². The maximum Gasteiger partial charge on any atom is 0.290 e. The van der Waals surface area contributed by atoms with Crippen LogP contribution in [0.5, 0.6) is 23.5 Å². The van der Waals surface area contributed by atoms with Gasteiger partial charge in [-0.15, -0.1) is 0 Å². The molecule has 1 aromatic carbocycles. The van der Waals surface area contributed by atoms with Gasteiger partial charge in [-0.25, -0.2) is 0 Å². The van der Waals surface area contributed by atoms with E-state index in [0.717, 1.165) is 5.56 Å². The first-order chi connectivity index (χ1) is 16.6. The van der Waals surface area contributed by atoms with Crippen molar-refractivity contribution < 1.29 is 23.4 Å². The van der Waals surface area contributed by atoms with Gasteiger partial charge in [0.15, 0.2) is 0 Å². The lowest BCUT2D eigenvalue weighted by molar-refractivity contribution is -0.117. The predicted molar refractivity (Wildman–Crippen MR) is 138 cm³/mol. The summed E-state index contributed by atoms with van der Waals surface area (Å²) in [6.45, 7) is 9.63. The Hall–Kier alpha value is -3.57. The number of primary amides is 1. The summed E-state index contributed by atoms with van der Waals surface area (Å²) in [6.07, 6.45) is -0.161. The molecule has 0 saturated heterocycles. The van der Waals surface area contributed by atoms with E-state index < -0.39 is 14.0 Å². The molecule has 0 radical (unpaired) electrons. The van der Waals surface area contributed by atoms with Gasteiger partial charge in [0.25, 0.3) is 5.95 Å². The molecule has 2 heterocycles. The lowest BCUT2D eigenvalue weighted by atomic mass is 10.1. The second kappa shape index (κ2) is 10.8. The lowest BCUT2D eigenvalue weighted by Gasteiger charge is -2.18. The van der Waals surface area contributed by atoms with Gasteiger partial charge in [0, 0.05) is 24.7 Å². The van der Waals surface area contributed by atoms with Crippen LogP contribution in [0.4, 0.5) is 5.95 Å². The number of ether oxygens (including phenoxy) is 3. The molecule has 10 nitrogen and oxygen atoms in total. The zero-order chi connectivity index (χ0) is 25.8. The highest BCUT2D eigenvalue weighted by atomic mass is 28.3. The molecule has 3 rings (SSSR count). The van der Waals surface area contributed by atoms with E-state index in [1.165, 1.54) is 19.4 Å². The second-order valence-corrected chi connectivity index (χ2v) is 14.1. The Morgan fingerprint density at radius 1 is 1.11 bits per heavy atom. The average Bonchev–Trinajstić information content (AvgIpc) is 3.18. The minimum absolute atomic E-state index is 0.161. The molecule has 0 bridgehead atoms. The fourth-order valence-corrected chi connectivity index (χ4v) is 4.60.